The molecule has 11 heteroatoms. The van der Waals surface area contributed by atoms with Crippen molar-refractivity contribution in [3.63, 3.8) is 0 Å². The number of carbonyl (C=O) groups is 3. The fourth-order valence-electron chi connectivity index (χ4n) is 4.67. The standard InChI is InChI=1S/C28H34F3N5O3/c1-3-34(4-2)26(38)23-18-22(32-25(37)19-9-10-19)11-12-24(23)35-13-6-14-36(16-15-35)27(39)33-21-8-5-7-20(17-21)28(29,30)31/h5,7-8,11-12,17-19H,3-4,6,9-10,13-16H2,1-2H3,(H,32,37)(H,33,39). The van der Waals surface area contributed by atoms with Gasteiger partial charge in [-0.25, -0.2) is 4.79 Å². The van der Waals surface area contributed by atoms with Crippen LogP contribution in [0.2, 0.25) is 0 Å². The van der Waals surface area contributed by atoms with E-state index < -0.39 is 17.8 Å². The number of urea groups is 1. The SMILES string of the molecule is CCN(CC)C(=O)c1cc(NC(=O)C2CC2)ccc1N1CCCN(C(=O)Nc2cccc(C(F)(F)F)c2)CC1. The van der Waals surface area contributed by atoms with Crippen LogP contribution in [0.4, 0.5) is 35.0 Å². The molecular weight excluding hydrogens is 511 g/mol. The van der Waals surface area contributed by atoms with Crippen molar-refractivity contribution < 1.29 is 27.6 Å². The molecule has 1 heterocycles. The number of hydrogen-bond donors (Lipinski definition) is 2. The van der Waals surface area contributed by atoms with Crippen LogP contribution >= 0.6 is 0 Å². The first kappa shape index (κ1) is 28.3. The Hall–Kier alpha value is -3.76. The molecule has 0 bridgehead atoms. The number of nitrogens with one attached hydrogen (secondary N) is 2. The molecule has 4 amide bonds. The molecule has 2 fully saturated rings. The molecule has 0 atom stereocenters. The molecule has 4 rings (SSSR count). The Morgan fingerprint density at radius 2 is 1.64 bits per heavy atom. The van der Waals surface area contributed by atoms with Crippen molar-refractivity contribution in [2.75, 3.05) is 54.8 Å². The zero-order valence-electron chi connectivity index (χ0n) is 22.2. The predicted molar refractivity (Wildman–Crippen MR) is 144 cm³/mol. The quantitative estimate of drug-likeness (QED) is 0.496. The number of nitrogens with zero attached hydrogens (tertiary/aromatic N) is 3. The lowest BCUT2D eigenvalue weighted by atomic mass is 10.1. The first-order chi connectivity index (χ1) is 18.6. The Morgan fingerprint density at radius 1 is 0.923 bits per heavy atom. The van der Waals surface area contributed by atoms with Crippen LogP contribution in [0.1, 0.15) is 49.0 Å². The molecule has 0 aromatic heterocycles. The van der Waals surface area contributed by atoms with Gasteiger partial charge >= 0.3 is 12.2 Å². The minimum absolute atomic E-state index is 0.0327. The van der Waals surface area contributed by atoms with Crippen molar-refractivity contribution in [2.24, 2.45) is 5.92 Å². The minimum atomic E-state index is -4.50. The van der Waals surface area contributed by atoms with Crippen molar-refractivity contribution in [1.29, 1.82) is 0 Å². The maximum atomic E-state index is 13.4. The van der Waals surface area contributed by atoms with Gasteiger partial charge < -0.3 is 25.3 Å². The van der Waals surface area contributed by atoms with Crippen LogP contribution in [0.25, 0.3) is 0 Å². The number of hydrogen-bond acceptors (Lipinski definition) is 4. The van der Waals surface area contributed by atoms with Crippen LogP contribution < -0.4 is 15.5 Å². The van der Waals surface area contributed by atoms with Crippen LogP contribution in [0.3, 0.4) is 0 Å². The van der Waals surface area contributed by atoms with Crippen LogP contribution in [0.15, 0.2) is 42.5 Å². The molecule has 1 aliphatic heterocycles. The molecule has 1 aliphatic carbocycles. The summed E-state index contributed by atoms with van der Waals surface area (Å²) < 4.78 is 39.2. The van der Waals surface area contributed by atoms with Gasteiger partial charge in [-0.15, -0.1) is 0 Å². The van der Waals surface area contributed by atoms with Gasteiger partial charge in [0.1, 0.15) is 0 Å². The summed E-state index contributed by atoms with van der Waals surface area (Å²) in [4.78, 5) is 44.0. The van der Waals surface area contributed by atoms with Crippen molar-refractivity contribution in [3.8, 4) is 0 Å². The highest BCUT2D eigenvalue weighted by atomic mass is 19.4. The number of carbonyl (C=O) groups excluding carboxylic acids is 3. The van der Waals surface area contributed by atoms with E-state index in [4.69, 9.17) is 0 Å². The lowest BCUT2D eigenvalue weighted by Crippen LogP contribution is -2.38. The van der Waals surface area contributed by atoms with Gasteiger partial charge in [-0.05, 0) is 69.5 Å². The highest BCUT2D eigenvalue weighted by molar-refractivity contribution is 6.02. The van der Waals surface area contributed by atoms with Crippen LogP contribution in [0.5, 0.6) is 0 Å². The Morgan fingerprint density at radius 3 is 2.31 bits per heavy atom. The number of rotatable bonds is 7. The molecule has 8 nitrogen and oxygen atoms in total. The third kappa shape index (κ3) is 7.01. The fraction of sp³-hybridized carbons (Fsp3) is 0.464. The van der Waals surface area contributed by atoms with E-state index in [-0.39, 0.29) is 23.4 Å². The van der Waals surface area contributed by atoms with E-state index >= 15 is 0 Å². The number of alkyl halides is 3. The summed E-state index contributed by atoms with van der Waals surface area (Å²) in [5, 5.41) is 5.49. The molecule has 1 saturated heterocycles. The van der Waals surface area contributed by atoms with Gasteiger partial charge in [-0.2, -0.15) is 13.2 Å². The van der Waals surface area contributed by atoms with Crippen molar-refractivity contribution in [2.45, 2.75) is 39.3 Å². The molecule has 210 valence electrons. The molecule has 39 heavy (non-hydrogen) atoms. The van der Waals surface area contributed by atoms with Gasteiger partial charge in [0.2, 0.25) is 5.91 Å². The average Bonchev–Trinajstić information content (AvgIpc) is 3.76. The molecule has 2 aliphatic rings. The van der Waals surface area contributed by atoms with E-state index in [9.17, 15) is 27.6 Å². The van der Waals surface area contributed by atoms with Gasteiger partial charge in [0.15, 0.2) is 0 Å². The zero-order valence-corrected chi connectivity index (χ0v) is 22.2. The molecule has 0 unspecified atom stereocenters. The number of amides is 4. The Bertz CT molecular complexity index is 1210. The summed E-state index contributed by atoms with van der Waals surface area (Å²) in [6.45, 7) is 6.65. The molecule has 2 aromatic carbocycles. The second-order valence-corrected chi connectivity index (χ2v) is 9.81. The Kier molecular flexibility index (Phi) is 8.66. The van der Waals surface area contributed by atoms with Gasteiger partial charge in [0.05, 0.1) is 11.1 Å². The molecule has 0 radical (unpaired) electrons. The topological polar surface area (TPSA) is 85.0 Å². The van der Waals surface area contributed by atoms with E-state index in [1.165, 1.54) is 12.1 Å². The van der Waals surface area contributed by atoms with Crippen LogP contribution in [-0.2, 0) is 11.0 Å². The highest BCUT2D eigenvalue weighted by Crippen LogP contribution is 2.33. The molecular formula is C28H34F3N5O3. The van der Waals surface area contributed by atoms with Gasteiger partial charge in [-0.1, -0.05) is 6.07 Å². The van der Waals surface area contributed by atoms with Crippen LogP contribution in [0, 0.1) is 5.92 Å². The molecule has 1 saturated carbocycles. The summed E-state index contributed by atoms with van der Waals surface area (Å²) in [6.07, 6.45) is -2.14. The normalized spacial score (nSPS) is 15.9. The van der Waals surface area contributed by atoms with E-state index in [1.807, 2.05) is 24.8 Å². The van der Waals surface area contributed by atoms with Crippen molar-refractivity contribution in [3.05, 3.63) is 53.6 Å². The van der Waals surface area contributed by atoms with Gasteiger partial charge in [-0.3, -0.25) is 9.59 Å². The zero-order chi connectivity index (χ0) is 28.2. The third-order valence-corrected chi connectivity index (χ3v) is 7.06. The molecule has 0 spiro atoms. The lowest BCUT2D eigenvalue weighted by molar-refractivity contribution is -0.137. The predicted octanol–water partition coefficient (Wildman–Crippen LogP) is 5.28. The highest BCUT2D eigenvalue weighted by Gasteiger charge is 2.32. The number of benzene rings is 2. The Balaban J connectivity index is 1.49. The first-order valence-electron chi connectivity index (χ1n) is 13.3. The number of halogens is 3. The lowest BCUT2D eigenvalue weighted by Gasteiger charge is -2.28. The maximum Gasteiger partial charge on any atom is 0.416 e. The third-order valence-electron chi connectivity index (χ3n) is 7.06. The van der Waals surface area contributed by atoms with Crippen molar-refractivity contribution in [1.82, 2.24) is 9.80 Å². The second-order valence-electron chi connectivity index (χ2n) is 9.81. The minimum Gasteiger partial charge on any atom is -0.369 e. The van der Waals surface area contributed by atoms with Gasteiger partial charge in [0, 0.05) is 62.2 Å². The van der Waals surface area contributed by atoms with E-state index in [0.29, 0.717) is 56.9 Å². The fourth-order valence-corrected chi connectivity index (χ4v) is 4.67. The summed E-state index contributed by atoms with van der Waals surface area (Å²) >= 11 is 0. The molecule has 2 N–H and O–H groups in total. The summed E-state index contributed by atoms with van der Waals surface area (Å²) in [5.41, 5.74) is 1.02. The average molecular weight is 546 g/mol. The van der Waals surface area contributed by atoms with Crippen LogP contribution in [-0.4, -0.2) is 66.9 Å². The van der Waals surface area contributed by atoms with E-state index in [1.54, 1.807) is 21.9 Å². The van der Waals surface area contributed by atoms with Gasteiger partial charge in [0.25, 0.3) is 5.91 Å². The summed E-state index contributed by atoms with van der Waals surface area (Å²) in [7, 11) is 0. The maximum absolute atomic E-state index is 13.4. The monoisotopic (exact) mass is 545 g/mol. The Labute approximate surface area is 226 Å². The summed E-state index contributed by atoms with van der Waals surface area (Å²) in [5.74, 6) is -0.146. The smallest absolute Gasteiger partial charge is 0.369 e. The van der Waals surface area contributed by atoms with E-state index in [2.05, 4.69) is 10.6 Å². The molecule has 2 aromatic rings. The second kappa shape index (κ2) is 12.0. The van der Waals surface area contributed by atoms with E-state index in [0.717, 1.165) is 30.7 Å². The largest absolute Gasteiger partial charge is 0.416 e. The summed E-state index contributed by atoms with van der Waals surface area (Å²) in [6, 6.07) is 9.41. The first-order valence-corrected chi connectivity index (χ1v) is 13.3. The number of anilines is 3. The van der Waals surface area contributed by atoms with Crippen molar-refractivity contribution >= 4 is 34.9 Å².